The summed E-state index contributed by atoms with van der Waals surface area (Å²) < 4.78 is 15.6. The molecular weight excluding hydrogens is 458 g/mol. The van der Waals surface area contributed by atoms with Gasteiger partial charge in [-0.3, -0.25) is 9.59 Å². The molecule has 1 heterocycles. The lowest BCUT2D eigenvalue weighted by Crippen LogP contribution is -2.38. The molecule has 34 heavy (non-hydrogen) atoms. The molecule has 2 amide bonds. The first-order valence-electron chi connectivity index (χ1n) is 10.3. The molecule has 0 fully saturated rings. The molecule has 1 unspecified atom stereocenters. The van der Waals surface area contributed by atoms with Gasteiger partial charge in [0.2, 0.25) is 5.76 Å². The molecule has 0 radical (unpaired) electrons. The van der Waals surface area contributed by atoms with E-state index in [1.54, 1.807) is 18.2 Å². The number of nitrogens with one attached hydrogen (secondary N) is 1. The molecule has 2 N–H and O–H groups in total. The second kappa shape index (κ2) is 10.1. The summed E-state index contributed by atoms with van der Waals surface area (Å²) in [5.74, 6) is -0.800. The number of ether oxygens (including phenoxy) is 2. The van der Waals surface area contributed by atoms with Crippen LogP contribution in [0.15, 0.2) is 57.9 Å². The lowest BCUT2D eigenvalue weighted by molar-refractivity contribution is -0.120. The van der Waals surface area contributed by atoms with Crippen LogP contribution >= 0.6 is 10.0 Å². The maximum absolute atomic E-state index is 13.5. The second-order valence-electron chi connectivity index (χ2n) is 8.33. The number of hydrogen-bond acceptors (Lipinski definition) is 7. The van der Waals surface area contributed by atoms with Gasteiger partial charge in [-0.2, -0.15) is 0 Å². The Hall–Kier alpha value is -3.66. The highest BCUT2D eigenvalue weighted by molar-refractivity contribution is 8.32. The van der Waals surface area contributed by atoms with E-state index in [-0.39, 0.29) is 5.76 Å². The number of likely N-dealkylation sites (N-methyl/N-ethyl adjacent to an activating group) is 1. The van der Waals surface area contributed by atoms with Gasteiger partial charge >= 0.3 is 0 Å². The number of aromatic hydroxyl groups is 1. The standard InChI is InChI=1S/C24H29N3O6S/c1-27(24(30)20-14-21(28)26-33-20)22(15-7-12-18(31-2)19(13-15)32-3)23(29)25-16-8-10-17(11-9-16)34(4,5)6/h7-14,22H,1-6H3,(H,25,29)(H,26,28). The van der Waals surface area contributed by atoms with Crippen LogP contribution in [0, 0.1) is 0 Å². The average molecular weight is 488 g/mol. The largest absolute Gasteiger partial charge is 0.493 e. The van der Waals surface area contributed by atoms with E-state index < -0.39 is 33.8 Å². The first kappa shape index (κ1) is 25.0. The Labute approximate surface area is 200 Å². The number of amides is 2. The number of nitrogens with zero attached hydrogens (tertiary/aromatic N) is 2. The van der Waals surface area contributed by atoms with Gasteiger partial charge < -0.3 is 29.3 Å². The molecule has 3 rings (SSSR count). The lowest BCUT2D eigenvalue weighted by atomic mass is 10.0. The third-order valence-electron chi connectivity index (χ3n) is 5.22. The minimum absolute atomic E-state index is 0.198. The van der Waals surface area contributed by atoms with E-state index in [2.05, 4.69) is 29.2 Å². The van der Waals surface area contributed by atoms with Gasteiger partial charge in [-0.25, -0.2) is 10.0 Å². The van der Waals surface area contributed by atoms with Gasteiger partial charge in [-0.1, -0.05) is 6.07 Å². The Kier molecular flexibility index (Phi) is 7.41. The van der Waals surface area contributed by atoms with Crippen molar-refractivity contribution in [2.24, 2.45) is 0 Å². The lowest BCUT2D eigenvalue weighted by Gasteiger charge is -2.28. The molecule has 0 spiro atoms. The van der Waals surface area contributed by atoms with Gasteiger partial charge in [0.1, 0.15) is 6.04 Å². The molecule has 0 saturated heterocycles. The predicted molar refractivity (Wildman–Crippen MR) is 131 cm³/mol. The van der Waals surface area contributed by atoms with Crippen LogP contribution < -0.4 is 14.8 Å². The van der Waals surface area contributed by atoms with Crippen LogP contribution in [0.3, 0.4) is 0 Å². The molecule has 0 bridgehead atoms. The minimum atomic E-state index is -1.05. The highest BCUT2D eigenvalue weighted by Crippen LogP contribution is 2.45. The van der Waals surface area contributed by atoms with Crippen LogP contribution in [-0.4, -0.2) is 67.0 Å². The summed E-state index contributed by atoms with van der Waals surface area (Å²) in [5, 5.41) is 15.7. The first-order chi connectivity index (χ1) is 16.0. The molecule has 1 atom stereocenters. The molecule has 9 nitrogen and oxygen atoms in total. The number of carbonyl (C=O) groups excluding carboxylic acids is 2. The van der Waals surface area contributed by atoms with Gasteiger partial charge in [-0.05, 0) is 70.8 Å². The van der Waals surface area contributed by atoms with Gasteiger partial charge in [0.25, 0.3) is 17.7 Å². The summed E-state index contributed by atoms with van der Waals surface area (Å²) in [6, 6.07) is 12.7. The van der Waals surface area contributed by atoms with Crippen LogP contribution in [0.1, 0.15) is 22.2 Å². The summed E-state index contributed by atoms with van der Waals surface area (Å²) in [6.45, 7) is 0. The maximum Gasteiger partial charge on any atom is 0.293 e. The number of hydrogen-bond donors (Lipinski definition) is 2. The quantitative estimate of drug-likeness (QED) is 0.495. The topological polar surface area (TPSA) is 114 Å². The van der Waals surface area contributed by atoms with Gasteiger partial charge in [0, 0.05) is 12.7 Å². The predicted octanol–water partition coefficient (Wildman–Crippen LogP) is 3.90. The van der Waals surface area contributed by atoms with E-state index >= 15 is 0 Å². The van der Waals surface area contributed by atoms with Crippen molar-refractivity contribution in [1.82, 2.24) is 10.1 Å². The van der Waals surface area contributed by atoms with Crippen LogP contribution in [0.5, 0.6) is 17.4 Å². The molecule has 0 aliphatic rings. The summed E-state index contributed by atoms with van der Waals surface area (Å²) in [4.78, 5) is 28.9. The Morgan fingerprint density at radius 2 is 1.68 bits per heavy atom. The van der Waals surface area contributed by atoms with E-state index in [1.807, 2.05) is 24.3 Å². The van der Waals surface area contributed by atoms with Crippen molar-refractivity contribution in [3.8, 4) is 17.4 Å². The number of rotatable bonds is 8. The molecule has 10 heteroatoms. The zero-order valence-corrected chi connectivity index (χ0v) is 20.8. The van der Waals surface area contributed by atoms with Crippen molar-refractivity contribution < 1.29 is 28.7 Å². The van der Waals surface area contributed by atoms with E-state index in [0.29, 0.717) is 22.7 Å². The number of anilines is 1. The van der Waals surface area contributed by atoms with Crippen molar-refractivity contribution in [1.29, 1.82) is 0 Å². The maximum atomic E-state index is 13.5. The monoisotopic (exact) mass is 487 g/mol. The average Bonchev–Trinajstić information content (AvgIpc) is 3.24. The number of aromatic nitrogens is 1. The van der Waals surface area contributed by atoms with Gasteiger partial charge in [0.15, 0.2) is 11.5 Å². The van der Waals surface area contributed by atoms with E-state index in [0.717, 1.165) is 6.07 Å². The Bertz CT molecular complexity index is 1170. The van der Waals surface area contributed by atoms with Crippen LogP contribution in [-0.2, 0) is 4.79 Å². The van der Waals surface area contributed by atoms with Crippen molar-refractivity contribution in [3.63, 3.8) is 0 Å². The van der Waals surface area contributed by atoms with E-state index in [9.17, 15) is 14.7 Å². The highest BCUT2D eigenvalue weighted by Gasteiger charge is 2.32. The molecule has 0 saturated carbocycles. The summed E-state index contributed by atoms with van der Waals surface area (Å²) >= 11 is 0. The Morgan fingerprint density at radius 1 is 1.03 bits per heavy atom. The normalized spacial score (nSPS) is 12.5. The molecule has 2 aromatic carbocycles. The summed E-state index contributed by atoms with van der Waals surface area (Å²) in [7, 11) is 3.56. The SMILES string of the molecule is COc1ccc(C(C(=O)Nc2ccc(S(C)(C)C)cc2)N(C)C(=O)c2cc(O)no2)cc1OC. The summed E-state index contributed by atoms with van der Waals surface area (Å²) in [6.07, 6.45) is 6.57. The third kappa shape index (κ3) is 5.45. The van der Waals surface area contributed by atoms with Gasteiger partial charge in [-0.15, -0.1) is 0 Å². The second-order valence-corrected chi connectivity index (χ2v) is 12.5. The van der Waals surface area contributed by atoms with Crippen molar-refractivity contribution >= 4 is 27.5 Å². The molecule has 0 aliphatic heterocycles. The van der Waals surface area contributed by atoms with Crippen molar-refractivity contribution in [2.75, 3.05) is 45.4 Å². The van der Waals surface area contributed by atoms with Crippen LogP contribution in [0.25, 0.3) is 0 Å². The molecular formula is C24H29N3O6S. The molecule has 3 aromatic rings. The number of methoxy groups -OCH3 is 2. The Morgan fingerprint density at radius 3 is 2.21 bits per heavy atom. The number of carbonyl (C=O) groups is 2. The van der Waals surface area contributed by atoms with Crippen molar-refractivity contribution in [2.45, 2.75) is 10.9 Å². The van der Waals surface area contributed by atoms with Crippen molar-refractivity contribution in [3.05, 3.63) is 59.9 Å². The highest BCUT2D eigenvalue weighted by atomic mass is 32.3. The zero-order chi connectivity index (χ0) is 25.0. The van der Waals surface area contributed by atoms with E-state index in [4.69, 9.17) is 14.0 Å². The van der Waals surface area contributed by atoms with Crippen LogP contribution in [0.4, 0.5) is 5.69 Å². The fraction of sp³-hybridized carbons (Fsp3) is 0.292. The molecule has 182 valence electrons. The van der Waals surface area contributed by atoms with E-state index in [1.165, 1.54) is 31.1 Å². The molecule has 1 aromatic heterocycles. The Balaban J connectivity index is 1.97. The number of benzene rings is 2. The fourth-order valence-corrected chi connectivity index (χ4v) is 4.34. The fourth-order valence-electron chi connectivity index (χ4n) is 3.39. The first-order valence-corrected chi connectivity index (χ1v) is 13.1. The third-order valence-corrected chi connectivity index (χ3v) is 6.90. The van der Waals surface area contributed by atoms with Gasteiger partial charge in [0.05, 0.1) is 20.3 Å². The molecule has 0 aliphatic carbocycles. The minimum Gasteiger partial charge on any atom is -0.493 e. The van der Waals surface area contributed by atoms with Crippen LogP contribution in [0.2, 0.25) is 0 Å². The smallest absolute Gasteiger partial charge is 0.293 e. The zero-order valence-electron chi connectivity index (χ0n) is 20.0. The summed E-state index contributed by atoms with van der Waals surface area (Å²) in [5.41, 5.74) is 1.09.